The largest absolute Gasteiger partial charge is 0.464 e. The molecule has 3 nitrogen and oxygen atoms in total. The first-order valence-corrected chi connectivity index (χ1v) is 6.73. The Morgan fingerprint density at radius 1 is 1.63 bits per heavy atom. The zero-order valence-electron chi connectivity index (χ0n) is 11.0. The van der Waals surface area contributed by atoms with Gasteiger partial charge in [0, 0.05) is 11.0 Å². The van der Waals surface area contributed by atoms with E-state index in [0.29, 0.717) is 16.6 Å². The Morgan fingerprint density at radius 2 is 2.32 bits per heavy atom. The Morgan fingerprint density at radius 3 is 2.84 bits per heavy atom. The molecule has 0 heterocycles. The summed E-state index contributed by atoms with van der Waals surface area (Å²) >= 11 is 3.28. The van der Waals surface area contributed by atoms with Crippen LogP contribution in [0.1, 0.15) is 19.4 Å². The number of halogens is 2. The van der Waals surface area contributed by atoms with Crippen molar-refractivity contribution in [2.45, 2.75) is 19.4 Å². The van der Waals surface area contributed by atoms with Crippen molar-refractivity contribution < 1.29 is 13.9 Å². The maximum atomic E-state index is 13.2. The molecule has 0 aliphatic heterocycles. The van der Waals surface area contributed by atoms with Crippen LogP contribution in [-0.4, -0.2) is 19.1 Å². The standard InChI is InChI=1S/C14H17BrFNO2/c1-4-8-17-14(3,13(18)19-5-2)11-7-6-10(16)9-12(11)15/h4,6-7,9,17H,1,5,8H2,2-3H3. The van der Waals surface area contributed by atoms with Crippen molar-refractivity contribution in [1.29, 1.82) is 0 Å². The molecule has 1 aromatic rings. The number of ether oxygens (including phenoxy) is 1. The van der Waals surface area contributed by atoms with Crippen LogP contribution in [0, 0.1) is 5.82 Å². The molecule has 0 saturated carbocycles. The van der Waals surface area contributed by atoms with Gasteiger partial charge in [0.1, 0.15) is 11.4 Å². The van der Waals surface area contributed by atoms with E-state index in [1.807, 2.05) is 0 Å². The summed E-state index contributed by atoms with van der Waals surface area (Å²) in [5.41, 5.74) is -0.439. The molecule has 0 aromatic heterocycles. The van der Waals surface area contributed by atoms with Gasteiger partial charge in [0.15, 0.2) is 0 Å². The van der Waals surface area contributed by atoms with Gasteiger partial charge in [0.2, 0.25) is 0 Å². The summed E-state index contributed by atoms with van der Waals surface area (Å²) < 4.78 is 18.8. The molecule has 0 fully saturated rings. The van der Waals surface area contributed by atoms with Crippen molar-refractivity contribution >= 4 is 21.9 Å². The van der Waals surface area contributed by atoms with Crippen LogP contribution < -0.4 is 5.32 Å². The maximum Gasteiger partial charge on any atom is 0.330 e. The fourth-order valence-electron chi connectivity index (χ4n) is 1.72. The molecule has 1 rings (SSSR count). The molecule has 104 valence electrons. The minimum Gasteiger partial charge on any atom is -0.464 e. The quantitative estimate of drug-likeness (QED) is 0.643. The van der Waals surface area contributed by atoms with Crippen LogP contribution in [0.3, 0.4) is 0 Å². The average Bonchev–Trinajstić information content (AvgIpc) is 2.36. The van der Waals surface area contributed by atoms with Gasteiger partial charge in [-0.05, 0) is 31.5 Å². The number of benzene rings is 1. The minimum atomic E-state index is -1.06. The fraction of sp³-hybridized carbons (Fsp3) is 0.357. The third-order valence-electron chi connectivity index (χ3n) is 2.75. The summed E-state index contributed by atoms with van der Waals surface area (Å²) in [7, 11) is 0. The number of hydrogen-bond acceptors (Lipinski definition) is 3. The highest BCUT2D eigenvalue weighted by molar-refractivity contribution is 9.10. The van der Waals surface area contributed by atoms with Crippen LogP contribution in [0.5, 0.6) is 0 Å². The fourth-order valence-corrected chi connectivity index (χ4v) is 2.47. The van der Waals surface area contributed by atoms with E-state index in [0.717, 1.165) is 0 Å². The molecular weight excluding hydrogens is 313 g/mol. The van der Waals surface area contributed by atoms with Crippen molar-refractivity contribution in [2.24, 2.45) is 0 Å². The first kappa shape index (κ1) is 15.9. The summed E-state index contributed by atoms with van der Waals surface area (Å²) in [6, 6.07) is 4.20. The third kappa shape index (κ3) is 3.64. The van der Waals surface area contributed by atoms with E-state index in [1.165, 1.54) is 12.1 Å². The number of hydrogen-bond donors (Lipinski definition) is 1. The van der Waals surface area contributed by atoms with E-state index in [1.54, 1.807) is 26.0 Å². The van der Waals surface area contributed by atoms with Gasteiger partial charge in [-0.3, -0.25) is 5.32 Å². The monoisotopic (exact) mass is 329 g/mol. The Balaban J connectivity index is 3.21. The summed E-state index contributed by atoms with van der Waals surface area (Å²) in [6.07, 6.45) is 1.65. The SMILES string of the molecule is C=CCNC(C)(C(=O)OCC)c1ccc(F)cc1Br. The van der Waals surface area contributed by atoms with Gasteiger partial charge in [-0.2, -0.15) is 0 Å². The van der Waals surface area contributed by atoms with Crippen LogP contribution in [-0.2, 0) is 15.1 Å². The van der Waals surface area contributed by atoms with E-state index < -0.39 is 11.5 Å². The normalized spacial score (nSPS) is 13.7. The van der Waals surface area contributed by atoms with Crippen LogP contribution >= 0.6 is 15.9 Å². The van der Waals surface area contributed by atoms with E-state index in [4.69, 9.17) is 4.74 Å². The molecule has 0 aliphatic rings. The Labute approximate surface area is 121 Å². The molecule has 0 aliphatic carbocycles. The van der Waals surface area contributed by atoms with Crippen molar-refractivity contribution in [3.63, 3.8) is 0 Å². The van der Waals surface area contributed by atoms with Crippen LogP contribution in [0.4, 0.5) is 4.39 Å². The Kier molecular flexibility index (Phi) is 5.69. The van der Waals surface area contributed by atoms with E-state index >= 15 is 0 Å². The third-order valence-corrected chi connectivity index (χ3v) is 3.41. The van der Waals surface area contributed by atoms with Gasteiger partial charge in [0.25, 0.3) is 0 Å². The Hall–Kier alpha value is -1.20. The first-order chi connectivity index (χ1) is 8.95. The van der Waals surface area contributed by atoms with E-state index in [9.17, 15) is 9.18 Å². The molecule has 0 radical (unpaired) electrons. The van der Waals surface area contributed by atoms with E-state index in [-0.39, 0.29) is 12.4 Å². The maximum absolute atomic E-state index is 13.2. The second kappa shape index (κ2) is 6.82. The molecule has 0 bridgehead atoms. The predicted octanol–water partition coefficient (Wildman–Crippen LogP) is 3.14. The minimum absolute atomic E-state index is 0.281. The van der Waals surface area contributed by atoms with E-state index in [2.05, 4.69) is 27.8 Å². The number of esters is 1. The van der Waals surface area contributed by atoms with Gasteiger partial charge in [-0.1, -0.05) is 28.1 Å². The first-order valence-electron chi connectivity index (χ1n) is 5.94. The number of rotatable bonds is 6. The summed E-state index contributed by atoms with van der Waals surface area (Å²) in [4.78, 5) is 12.2. The van der Waals surface area contributed by atoms with Crippen molar-refractivity contribution in [2.75, 3.05) is 13.2 Å². The molecule has 1 aromatic carbocycles. The van der Waals surface area contributed by atoms with Gasteiger partial charge in [-0.15, -0.1) is 6.58 Å². The number of nitrogens with one attached hydrogen (secondary N) is 1. The molecule has 5 heteroatoms. The molecule has 1 N–H and O–H groups in total. The van der Waals surface area contributed by atoms with Gasteiger partial charge in [-0.25, -0.2) is 9.18 Å². The second-order valence-corrected chi connectivity index (χ2v) is 4.99. The lowest BCUT2D eigenvalue weighted by atomic mass is 9.92. The molecule has 1 unspecified atom stereocenters. The molecule has 0 spiro atoms. The highest BCUT2D eigenvalue weighted by Crippen LogP contribution is 2.30. The average molecular weight is 330 g/mol. The van der Waals surface area contributed by atoms with Crippen molar-refractivity contribution in [3.8, 4) is 0 Å². The molecule has 0 saturated heterocycles. The predicted molar refractivity (Wildman–Crippen MR) is 76.3 cm³/mol. The zero-order valence-corrected chi connectivity index (χ0v) is 12.6. The zero-order chi connectivity index (χ0) is 14.5. The van der Waals surface area contributed by atoms with Crippen molar-refractivity contribution in [3.05, 3.63) is 46.7 Å². The van der Waals surface area contributed by atoms with Crippen LogP contribution in [0.2, 0.25) is 0 Å². The Bertz CT molecular complexity index is 479. The van der Waals surface area contributed by atoms with Crippen LogP contribution in [0.15, 0.2) is 35.3 Å². The molecule has 1 atom stereocenters. The smallest absolute Gasteiger partial charge is 0.330 e. The highest BCUT2D eigenvalue weighted by Gasteiger charge is 2.37. The molecular formula is C14H17BrFNO2. The molecule has 0 amide bonds. The lowest BCUT2D eigenvalue weighted by Gasteiger charge is -2.29. The van der Waals surface area contributed by atoms with Gasteiger partial charge >= 0.3 is 5.97 Å². The molecule has 19 heavy (non-hydrogen) atoms. The highest BCUT2D eigenvalue weighted by atomic mass is 79.9. The lowest BCUT2D eigenvalue weighted by Crippen LogP contribution is -2.48. The topological polar surface area (TPSA) is 38.3 Å². The summed E-state index contributed by atoms with van der Waals surface area (Å²) in [6.45, 7) is 7.77. The second-order valence-electron chi connectivity index (χ2n) is 4.14. The number of carbonyl (C=O) groups is 1. The van der Waals surface area contributed by atoms with Crippen LogP contribution in [0.25, 0.3) is 0 Å². The van der Waals surface area contributed by atoms with Crippen molar-refractivity contribution in [1.82, 2.24) is 5.32 Å². The number of carbonyl (C=O) groups excluding carboxylic acids is 1. The summed E-state index contributed by atoms with van der Waals surface area (Å²) in [5, 5.41) is 3.06. The van der Waals surface area contributed by atoms with Gasteiger partial charge < -0.3 is 4.74 Å². The van der Waals surface area contributed by atoms with Gasteiger partial charge in [0.05, 0.1) is 6.61 Å². The summed E-state index contributed by atoms with van der Waals surface area (Å²) in [5.74, 6) is -0.783. The lowest BCUT2D eigenvalue weighted by molar-refractivity contribution is -0.150.